The summed E-state index contributed by atoms with van der Waals surface area (Å²) >= 11 is 0. The maximum absolute atomic E-state index is 11.8. The number of amides is 1. The van der Waals surface area contributed by atoms with Crippen molar-refractivity contribution in [1.82, 2.24) is 4.90 Å². The predicted molar refractivity (Wildman–Crippen MR) is 65.6 cm³/mol. The van der Waals surface area contributed by atoms with E-state index in [2.05, 4.69) is 0 Å². The number of benzene rings is 1. The molecule has 0 aromatic heterocycles. The van der Waals surface area contributed by atoms with Crippen LogP contribution in [0.5, 0.6) is 0 Å². The molecule has 1 saturated heterocycles. The number of ether oxygens (including phenoxy) is 2. The first-order valence-electron chi connectivity index (χ1n) is 5.97. The minimum atomic E-state index is -1.07. The van der Waals surface area contributed by atoms with E-state index in [0.717, 1.165) is 5.56 Å². The molecule has 0 unspecified atom stereocenters. The SMILES string of the molecule is O=C(O)[C@H]1CN(C(=O)OCc2ccccc2)CCO1. The van der Waals surface area contributed by atoms with Crippen LogP contribution in [0.1, 0.15) is 5.56 Å². The van der Waals surface area contributed by atoms with Gasteiger partial charge in [-0.05, 0) is 5.56 Å². The highest BCUT2D eigenvalue weighted by atomic mass is 16.6. The van der Waals surface area contributed by atoms with Gasteiger partial charge < -0.3 is 19.5 Å². The third-order valence-electron chi connectivity index (χ3n) is 2.81. The summed E-state index contributed by atoms with van der Waals surface area (Å²) in [6.07, 6.45) is -1.49. The fourth-order valence-electron chi connectivity index (χ4n) is 1.78. The van der Waals surface area contributed by atoms with E-state index in [9.17, 15) is 9.59 Å². The lowest BCUT2D eigenvalue weighted by Crippen LogP contribution is -2.48. The number of carbonyl (C=O) groups excluding carboxylic acids is 1. The molecule has 1 atom stereocenters. The smallest absolute Gasteiger partial charge is 0.410 e. The first-order chi connectivity index (χ1) is 9.16. The molecule has 0 aliphatic carbocycles. The second-order valence-corrected chi connectivity index (χ2v) is 4.18. The van der Waals surface area contributed by atoms with Gasteiger partial charge in [0.2, 0.25) is 0 Å². The lowest BCUT2D eigenvalue weighted by molar-refractivity contribution is -0.155. The van der Waals surface area contributed by atoms with Gasteiger partial charge in [-0.3, -0.25) is 0 Å². The summed E-state index contributed by atoms with van der Waals surface area (Å²) in [5.74, 6) is -1.07. The first kappa shape index (κ1) is 13.4. The van der Waals surface area contributed by atoms with Crippen LogP contribution in [0.2, 0.25) is 0 Å². The zero-order valence-electron chi connectivity index (χ0n) is 10.3. The largest absolute Gasteiger partial charge is 0.479 e. The van der Waals surface area contributed by atoms with Gasteiger partial charge in [-0.15, -0.1) is 0 Å². The minimum Gasteiger partial charge on any atom is -0.479 e. The Morgan fingerprint density at radius 3 is 2.79 bits per heavy atom. The van der Waals surface area contributed by atoms with Gasteiger partial charge in [0.25, 0.3) is 0 Å². The molecule has 0 spiro atoms. The standard InChI is InChI=1S/C13H15NO5/c15-12(16)11-8-14(6-7-18-11)13(17)19-9-10-4-2-1-3-5-10/h1-5,11H,6-9H2,(H,15,16)/t11-/m1/s1. The summed E-state index contributed by atoms with van der Waals surface area (Å²) in [6, 6.07) is 9.31. The molecule has 19 heavy (non-hydrogen) atoms. The molecule has 2 rings (SSSR count). The summed E-state index contributed by atoms with van der Waals surface area (Å²) in [5, 5.41) is 8.84. The van der Waals surface area contributed by atoms with Crippen LogP contribution in [-0.2, 0) is 20.9 Å². The van der Waals surface area contributed by atoms with E-state index < -0.39 is 18.2 Å². The molecule has 1 heterocycles. The fraction of sp³-hybridized carbons (Fsp3) is 0.385. The third kappa shape index (κ3) is 3.69. The van der Waals surface area contributed by atoms with Gasteiger partial charge in [0.05, 0.1) is 13.2 Å². The van der Waals surface area contributed by atoms with Crippen LogP contribution in [0.25, 0.3) is 0 Å². The third-order valence-corrected chi connectivity index (χ3v) is 2.81. The van der Waals surface area contributed by atoms with Crippen LogP contribution in [0.3, 0.4) is 0 Å². The van der Waals surface area contributed by atoms with Crippen molar-refractivity contribution in [3.05, 3.63) is 35.9 Å². The number of hydrogen-bond acceptors (Lipinski definition) is 4. The Morgan fingerprint density at radius 2 is 2.11 bits per heavy atom. The van der Waals surface area contributed by atoms with E-state index in [1.165, 1.54) is 4.90 Å². The number of hydrogen-bond donors (Lipinski definition) is 1. The van der Waals surface area contributed by atoms with Crippen LogP contribution in [0.4, 0.5) is 4.79 Å². The summed E-state index contributed by atoms with van der Waals surface area (Å²) in [6.45, 7) is 0.743. The topological polar surface area (TPSA) is 76.1 Å². The van der Waals surface area contributed by atoms with Crippen molar-refractivity contribution in [3.8, 4) is 0 Å². The second kappa shape index (κ2) is 6.19. The minimum absolute atomic E-state index is 0.0168. The number of rotatable bonds is 3. The molecule has 6 nitrogen and oxygen atoms in total. The summed E-state index contributed by atoms with van der Waals surface area (Å²) in [4.78, 5) is 23.9. The zero-order chi connectivity index (χ0) is 13.7. The molecule has 0 radical (unpaired) electrons. The molecule has 0 saturated carbocycles. The van der Waals surface area contributed by atoms with Gasteiger partial charge in [0.1, 0.15) is 6.61 Å². The quantitative estimate of drug-likeness (QED) is 0.886. The molecule has 1 aliphatic heterocycles. The molecule has 1 N–H and O–H groups in total. The Morgan fingerprint density at radius 1 is 1.37 bits per heavy atom. The molecule has 1 amide bonds. The monoisotopic (exact) mass is 265 g/mol. The highest BCUT2D eigenvalue weighted by Crippen LogP contribution is 2.09. The van der Waals surface area contributed by atoms with E-state index in [0.29, 0.717) is 6.54 Å². The number of carboxylic acid groups (broad SMARTS) is 1. The highest BCUT2D eigenvalue weighted by molar-refractivity contribution is 5.74. The average molecular weight is 265 g/mol. The molecule has 1 aromatic rings. The van der Waals surface area contributed by atoms with Gasteiger partial charge in [-0.1, -0.05) is 30.3 Å². The second-order valence-electron chi connectivity index (χ2n) is 4.18. The maximum Gasteiger partial charge on any atom is 0.410 e. The zero-order valence-corrected chi connectivity index (χ0v) is 10.3. The van der Waals surface area contributed by atoms with E-state index >= 15 is 0 Å². The van der Waals surface area contributed by atoms with Gasteiger partial charge in [-0.25, -0.2) is 9.59 Å². The Hall–Kier alpha value is -2.08. The fourth-order valence-corrected chi connectivity index (χ4v) is 1.78. The van der Waals surface area contributed by atoms with Crippen LogP contribution in [0, 0.1) is 0 Å². The molecule has 102 valence electrons. The van der Waals surface area contributed by atoms with Crippen LogP contribution >= 0.6 is 0 Å². The van der Waals surface area contributed by atoms with Gasteiger partial charge in [-0.2, -0.15) is 0 Å². The van der Waals surface area contributed by atoms with Crippen molar-refractivity contribution < 1.29 is 24.2 Å². The van der Waals surface area contributed by atoms with E-state index in [1.54, 1.807) is 0 Å². The molecule has 0 bridgehead atoms. The lowest BCUT2D eigenvalue weighted by atomic mass is 10.2. The van der Waals surface area contributed by atoms with Crippen molar-refractivity contribution in [2.75, 3.05) is 19.7 Å². The van der Waals surface area contributed by atoms with Gasteiger partial charge >= 0.3 is 12.1 Å². The molecule has 1 aromatic carbocycles. The number of carbonyl (C=O) groups is 2. The normalized spacial score (nSPS) is 18.9. The van der Waals surface area contributed by atoms with Crippen LogP contribution < -0.4 is 0 Å². The van der Waals surface area contributed by atoms with Crippen LogP contribution in [0.15, 0.2) is 30.3 Å². The maximum atomic E-state index is 11.8. The number of morpholine rings is 1. The molecule has 1 aliphatic rings. The van der Waals surface area contributed by atoms with Crippen molar-refractivity contribution >= 4 is 12.1 Å². The van der Waals surface area contributed by atoms with Crippen molar-refractivity contribution in [2.45, 2.75) is 12.7 Å². The first-order valence-corrected chi connectivity index (χ1v) is 5.97. The Kier molecular flexibility index (Phi) is 4.35. The van der Waals surface area contributed by atoms with E-state index in [1.807, 2.05) is 30.3 Å². The number of aliphatic carboxylic acids is 1. The molecule has 1 fully saturated rings. The van der Waals surface area contributed by atoms with Gasteiger partial charge in [0, 0.05) is 6.54 Å². The Balaban J connectivity index is 1.84. The molecular weight excluding hydrogens is 250 g/mol. The molecular formula is C13H15NO5. The van der Waals surface area contributed by atoms with Crippen LogP contribution in [-0.4, -0.2) is 47.9 Å². The predicted octanol–water partition coefficient (Wildman–Crippen LogP) is 1.11. The van der Waals surface area contributed by atoms with Crippen molar-refractivity contribution in [2.24, 2.45) is 0 Å². The van der Waals surface area contributed by atoms with Crippen molar-refractivity contribution in [1.29, 1.82) is 0 Å². The Labute approximate surface area is 110 Å². The Bertz CT molecular complexity index is 448. The van der Waals surface area contributed by atoms with Gasteiger partial charge in [0.15, 0.2) is 6.10 Å². The number of carboxylic acids is 1. The molecule has 6 heteroatoms. The summed E-state index contributed by atoms with van der Waals surface area (Å²) in [5.41, 5.74) is 0.888. The number of nitrogens with zero attached hydrogens (tertiary/aromatic N) is 1. The highest BCUT2D eigenvalue weighted by Gasteiger charge is 2.29. The van der Waals surface area contributed by atoms with Crippen molar-refractivity contribution in [3.63, 3.8) is 0 Å². The van der Waals surface area contributed by atoms with E-state index in [4.69, 9.17) is 14.6 Å². The summed E-state index contributed by atoms with van der Waals surface area (Å²) in [7, 11) is 0. The van der Waals surface area contributed by atoms with E-state index in [-0.39, 0.29) is 19.8 Å². The lowest BCUT2D eigenvalue weighted by Gasteiger charge is -2.30. The average Bonchev–Trinajstić information content (AvgIpc) is 2.46. The summed E-state index contributed by atoms with van der Waals surface area (Å²) < 4.78 is 10.2.